The fourth-order valence-electron chi connectivity index (χ4n) is 1.70. The lowest BCUT2D eigenvalue weighted by atomic mass is 10.1. The van der Waals surface area contributed by atoms with Crippen LogP contribution in [0.5, 0.6) is 0 Å². The van der Waals surface area contributed by atoms with Crippen LogP contribution < -0.4 is 15.1 Å². The summed E-state index contributed by atoms with van der Waals surface area (Å²) in [5, 5.41) is 0. The molecule has 0 fully saturated rings. The molecule has 0 aliphatic heterocycles. The lowest BCUT2D eigenvalue weighted by Crippen LogP contribution is -2.41. The SMILES string of the molecule is CC(C)CC(=O)NNS(=O)(=O)c1ccc2[nH]c(=O)sc2c1. The average Bonchev–Trinajstić information content (AvgIpc) is 2.74. The maximum atomic E-state index is 12.1. The first kappa shape index (κ1) is 15.7. The Bertz CT molecular complexity index is 820. The van der Waals surface area contributed by atoms with Crippen LogP contribution >= 0.6 is 11.3 Å². The smallest absolute Gasteiger partial charge is 0.305 e. The summed E-state index contributed by atoms with van der Waals surface area (Å²) in [6.45, 7) is 3.71. The van der Waals surface area contributed by atoms with Crippen LogP contribution in [0.3, 0.4) is 0 Å². The van der Waals surface area contributed by atoms with Gasteiger partial charge in [0.1, 0.15) is 0 Å². The Labute approximate surface area is 125 Å². The Morgan fingerprint density at radius 1 is 1.38 bits per heavy atom. The van der Waals surface area contributed by atoms with Crippen LogP contribution in [0.2, 0.25) is 0 Å². The van der Waals surface area contributed by atoms with E-state index in [0.29, 0.717) is 10.2 Å². The maximum Gasteiger partial charge on any atom is 0.305 e. The number of thiazole rings is 1. The number of rotatable bonds is 5. The molecule has 0 bridgehead atoms. The lowest BCUT2D eigenvalue weighted by molar-refractivity contribution is -0.122. The van der Waals surface area contributed by atoms with Gasteiger partial charge in [0.05, 0.1) is 15.1 Å². The summed E-state index contributed by atoms with van der Waals surface area (Å²) >= 11 is 0.925. The highest BCUT2D eigenvalue weighted by molar-refractivity contribution is 7.89. The summed E-state index contributed by atoms with van der Waals surface area (Å²) < 4.78 is 24.7. The number of carbonyl (C=O) groups is 1. The van der Waals surface area contributed by atoms with Crippen molar-refractivity contribution in [2.24, 2.45) is 5.92 Å². The monoisotopic (exact) mass is 329 g/mol. The van der Waals surface area contributed by atoms with Crippen molar-refractivity contribution in [1.29, 1.82) is 0 Å². The number of nitrogens with one attached hydrogen (secondary N) is 3. The van der Waals surface area contributed by atoms with Gasteiger partial charge in [-0.2, -0.15) is 0 Å². The van der Waals surface area contributed by atoms with Crippen LogP contribution in [-0.2, 0) is 14.8 Å². The van der Waals surface area contributed by atoms with Crippen LogP contribution in [0.4, 0.5) is 0 Å². The average molecular weight is 329 g/mol. The summed E-state index contributed by atoms with van der Waals surface area (Å²) in [5.41, 5.74) is 2.74. The number of hydrazine groups is 1. The quantitative estimate of drug-likeness (QED) is 0.710. The first-order valence-electron chi connectivity index (χ1n) is 6.21. The topological polar surface area (TPSA) is 108 Å². The van der Waals surface area contributed by atoms with Crippen LogP contribution in [0, 0.1) is 5.92 Å². The molecule has 1 amide bonds. The molecule has 3 N–H and O–H groups in total. The van der Waals surface area contributed by atoms with Crippen molar-refractivity contribution in [1.82, 2.24) is 15.2 Å². The highest BCUT2D eigenvalue weighted by Gasteiger charge is 2.16. The van der Waals surface area contributed by atoms with Gasteiger partial charge >= 0.3 is 4.87 Å². The predicted octanol–water partition coefficient (Wildman–Crippen LogP) is 0.945. The Morgan fingerprint density at radius 2 is 2.10 bits per heavy atom. The Hall–Kier alpha value is -1.71. The number of amides is 1. The van der Waals surface area contributed by atoms with E-state index in [0.717, 1.165) is 11.3 Å². The fourth-order valence-corrected chi connectivity index (χ4v) is 3.43. The summed E-state index contributed by atoms with van der Waals surface area (Å²) in [6, 6.07) is 4.26. The number of carbonyl (C=O) groups excluding carboxylic acids is 1. The molecular weight excluding hydrogens is 314 g/mol. The van der Waals surface area contributed by atoms with Crippen molar-refractivity contribution in [3.8, 4) is 0 Å². The van der Waals surface area contributed by atoms with E-state index < -0.39 is 15.9 Å². The summed E-state index contributed by atoms with van der Waals surface area (Å²) in [6.07, 6.45) is 0.223. The van der Waals surface area contributed by atoms with Gasteiger partial charge in [0.25, 0.3) is 10.0 Å². The van der Waals surface area contributed by atoms with Crippen LogP contribution in [-0.4, -0.2) is 19.3 Å². The van der Waals surface area contributed by atoms with Gasteiger partial charge in [0, 0.05) is 6.42 Å². The zero-order valence-corrected chi connectivity index (χ0v) is 13.1. The molecule has 0 spiro atoms. The van der Waals surface area contributed by atoms with Crippen molar-refractivity contribution in [2.45, 2.75) is 25.2 Å². The summed E-state index contributed by atoms with van der Waals surface area (Å²) in [4.78, 5) is 27.0. The second-order valence-electron chi connectivity index (χ2n) is 4.92. The Morgan fingerprint density at radius 3 is 2.76 bits per heavy atom. The van der Waals surface area contributed by atoms with E-state index in [1.807, 2.05) is 18.7 Å². The lowest BCUT2D eigenvalue weighted by Gasteiger charge is -2.09. The minimum atomic E-state index is -3.86. The zero-order chi connectivity index (χ0) is 15.6. The molecule has 0 radical (unpaired) electrons. The molecule has 1 aromatic heterocycles. The molecule has 9 heteroatoms. The van der Waals surface area contributed by atoms with E-state index in [1.165, 1.54) is 18.2 Å². The number of fused-ring (bicyclic) bond motifs is 1. The molecule has 1 aromatic carbocycles. The molecule has 2 rings (SSSR count). The van der Waals surface area contributed by atoms with Gasteiger partial charge < -0.3 is 4.98 Å². The molecule has 0 saturated carbocycles. The number of aromatic amines is 1. The van der Waals surface area contributed by atoms with Crippen molar-refractivity contribution in [3.05, 3.63) is 27.9 Å². The van der Waals surface area contributed by atoms with E-state index in [2.05, 4.69) is 10.4 Å². The minimum absolute atomic E-state index is 0.0184. The first-order chi connectivity index (χ1) is 9.78. The molecule has 21 heavy (non-hydrogen) atoms. The van der Waals surface area contributed by atoms with Crippen LogP contribution in [0.25, 0.3) is 10.2 Å². The molecule has 0 unspecified atom stereocenters. The second kappa shape index (κ2) is 5.96. The summed E-state index contributed by atoms with van der Waals surface area (Å²) in [5.74, 6) is -0.274. The zero-order valence-electron chi connectivity index (χ0n) is 11.5. The van der Waals surface area contributed by atoms with Gasteiger partial charge in [0.2, 0.25) is 5.91 Å². The van der Waals surface area contributed by atoms with Crippen LogP contribution in [0.15, 0.2) is 27.9 Å². The molecule has 2 aromatic rings. The predicted molar refractivity (Wildman–Crippen MR) is 80.4 cm³/mol. The molecule has 0 saturated heterocycles. The number of hydrogen-bond acceptors (Lipinski definition) is 5. The largest absolute Gasteiger partial charge is 0.312 e. The van der Waals surface area contributed by atoms with Crippen molar-refractivity contribution in [3.63, 3.8) is 0 Å². The fraction of sp³-hybridized carbons (Fsp3) is 0.333. The standard InChI is InChI=1S/C12H15N3O4S2/c1-7(2)5-11(16)14-15-21(18,19)8-3-4-9-10(6-8)20-12(17)13-9/h3-4,6-7,15H,5H2,1-2H3,(H,13,17)(H,14,16). The second-order valence-corrected chi connectivity index (χ2v) is 7.62. The molecule has 1 heterocycles. The molecule has 114 valence electrons. The van der Waals surface area contributed by atoms with Gasteiger partial charge in [-0.1, -0.05) is 25.2 Å². The third kappa shape index (κ3) is 3.90. The highest BCUT2D eigenvalue weighted by Crippen LogP contribution is 2.19. The summed E-state index contributed by atoms with van der Waals surface area (Å²) in [7, 11) is -3.86. The van der Waals surface area contributed by atoms with E-state index in [4.69, 9.17) is 0 Å². The minimum Gasteiger partial charge on any atom is -0.312 e. The van der Waals surface area contributed by atoms with Gasteiger partial charge in [-0.15, -0.1) is 4.83 Å². The molecule has 0 atom stereocenters. The van der Waals surface area contributed by atoms with Gasteiger partial charge in [-0.3, -0.25) is 15.0 Å². The third-order valence-electron chi connectivity index (χ3n) is 2.62. The van der Waals surface area contributed by atoms with Crippen molar-refractivity contribution < 1.29 is 13.2 Å². The van der Waals surface area contributed by atoms with E-state index in [1.54, 1.807) is 0 Å². The van der Waals surface area contributed by atoms with Crippen molar-refractivity contribution in [2.75, 3.05) is 0 Å². The highest BCUT2D eigenvalue weighted by atomic mass is 32.2. The molecular formula is C12H15N3O4S2. The Kier molecular flexibility index (Phi) is 4.45. The number of sulfonamides is 1. The first-order valence-corrected chi connectivity index (χ1v) is 8.51. The van der Waals surface area contributed by atoms with Gasteiger partial charge in [0.15, 0.2) is 0 Å². The van der Waals surface area contributed by atoms with Crippen molar-refractivity contribution >= 4 is 37.5 Å². The number of hydrogen-bond donors (Lipinski definition) is 3. The molecule has 7 nitrogen and oxygen atoms in total. The van der Waals surface area contributed by atoms with Crippen LogP contribution in [0.1, 0.15) is 20.3 Å². The van der Waals surface area contributed by atoms with E-state index in [9.17, 15) is 18.0 Å². The number of H-pyrrole nitrogens is 1. The van der Waals surface area contributed by atoms with E-state index in [-0.39, 0.29) is 22.1 Å². The molecule has 0 aliphatic rings. The number of aromatic nitrogens is 1. The van der Waals surface area contributed by atoms with E-state index >= 15 is 0 Å². The van der Waals surface area contributed by atoms with Gasteiger partial charge in [-0.25, -0.2) is 8.42 Å². The third-order valence-corrected chi connectivity index (χ3v) is 4.71. The number of benzene rings is 1. The maximum absolute atomic E-state index is 12.1. The van der Waals surface area contributed by atoms with Gasteiger partial charge in [-0.05, 0) is 24.1 Å². The Balaban J connectivity index is 2.17. The molecule has 0 aliphatic carbocycles. The normalized spacial score (nSPS) is 12.0.